The maximum Gasteiger partial charge on any atom is 0.0450 e. The molecule has 0 spiro atoms. The summed E-state index contributed by atoms with van der Waals surface area (Å²) in [4.78, 5) is 5.03. The number of hydrogen-bond acceptors (Lipinski definition) is 2. The molecule has 0 bridgehead atoms. The molecular formula is C21H23N3. The largest absolute Gasteiger partial charge is 0.369 e. The first-order valence-electron chi connectivity index (χ1n) is 8.63. The van der Waals surface area contributed by atoms with Crippen LogP contribution < -0.4 is 4.90 Å². The summed E-state index contributed by atoms with van der Waals surface area (Å²) in [5.41, 5.74) is 3.94. The fourth-order valence-electron chi connectivity index (χ4n) is 3.35. The van der Waals surface area contributed by atoms with E-state index in [0.717, 1.165) is 32.7 Å². The molecule has 1 aliphatic heterocycles. The summed E-state index contributed by atoms with van der Waals surface area (Å²) in [5.74, 6) is 0. The first-order chi connectivity index (χ1) is 11.9. The summed E-state index contributed by atoms with van der Waals surface area (Å²) in [7, 11) is 0. The van der Waals surface area contributed by atoms with E-state index in [4.69, 9.17) is 0 Å². The molecule has 0 saturated carbocycles. The molecule has 0 N–H and O–H groups in total. The Balaban J connectivity index is 1.35. The van der Waals surface area contributed by atoms with Gasteiger partial charge in [-0.15, -0.1) is 0 Å². The molecule has 2 aromatic carbocycles. The molecule has 122 valence electrons. The molecule has 0 amide bonds. The molecule has 24 heavy (non-hydrogen) atoms. The van der Waals surface area contributed by atoms with Crippen molar-refractivity contribution < 1.29 is 0 Å². The maximum absolute atomic E-state index is 2.54. The van der Waals surface area contributed by atoms with E-state index in [1.807, 2.05) is 0 Å². The van der Waals surface area contributed by atoms with Crippen molar-refractivity contribution in [2.75, 3.05) is 31.1 Å². The van der Waals surface area contributed by atoms with Crippen LogP contribution in [0.15, 0.2) is 79.1 Å². The second-order valence-corrected chi connectivity index (χ2v) is 6.36. The SMILES string of the molecule is c1ccc(CN2CCN(c3ccc(-n4cccc4)cc3)CC2)cc1. The minimum Gasteiger partial charge on any atom is -0.369 e. The van der Waals surface area contributed by atoms with Crippen LogP contribution in [0.3, 0.4) is 0 Å². The van der Waals surface area contributed by atoms with Gasteiger partial charge >= 0.3 is 0 Å². The molecule has 2 heterocycles. The molecule has 0 unspecified atom stereocenters. The first-order valence-corrected chi connectivity index (χ1v) is 8.63. The summed E-state index contributed by atoms with van der Waals surface area (Å²) in [6.07, 6.45) is 4.16. The van der Waals surface area contributed by atoms with Crippen molar-refractivity contribution in [3.8, 4) is 5.69 Å². The molecule has 1 aliphatic rings. The molecule has 4 rings (SSSR count). The van der Waals surface area contributed by atoms with Gasteiger partial charge in [-0.2, -0.15) is 0 Å². The number of hydrogen-bond donors (Lipinski definition) is 0. The molecule has 1 saturated heterocycles. The summed E-state index contributed by atoms with van der Waals surface area (Å²) < 4.78 is 2.14. The quantitative estimate of drug-likeness (QED) is 0.725. The van der Waals surface area contributed by atoms with Gasteiger partial charge in [-0.25, -0.2) is 0 Å². The van der Waals surface area contributed by atoms with Gasteiger partial charge in [0.05, 0.1) is 0 Å². The zero-order valence-electron chi connectivity index (χ0n) is 13.9. The zero-order valence-corrected chi connectivity index (χ0v) is 13.9. The van der Waals surface area contributed by atoms with Crippen LogP contribution in [-0.2, 0) is 6.54 Å². The molecule has 0 atom stereocenters. The van der Waals surface area contributed by atoms with Gasteiger partial charge in [0.25, 0.3) is 0 Å². The van der Waals surface area contributed by atoms with Crippen LogP contribution in [0, 0.1) is 0 Å². The molecular weight excluding hydrogens is 294 g/mol. The standard InChI is InChI=1S/C21H23N3/c1-2-6-19(7-3-1)18-22-14-16-24(17-15-22)21-10-8-20(9-11-21)23-12-4-5-13-23/h1-13H,14-18H2. The Morgan fingerprint density at radius 2 is 1.25 bits per heavy atom. The lowest BCUT2D eigenvalue weighted by Gasteiger charge is -2.36. The van der Waals surface area contributed by atoms with E-state index in [1.54, 1.807) is 0 Å². The Morgan fingerprint density at radius 1 is 0.625 bits per heavy atom. The van der Waals surface area contributed by atoms with Crippen molar-refractivity contribution in [1.29, 1.82) is 0 Å². The molecule has 1 aromatic heterocycles. The Hall–Kier alpha value is -2.52. The summed E-state index contributed by atoms with van der Waals surface area (Å²) in [6.45, 7) is 5.48. The number of benzene rings is 2. The average molecular weight is 317 g/mol. The predicted octanol–water partition coefficient (Wildman–Crippen LogP) is 3.80. The first kappa shape index (κ1) is 15.0. The minimum atomic E-state index is 1.06. The van der Waals surface area contributed by atoms with Crippen molar-refractivity contribution in [2.24, 2.45) is 0 Å². The van der Waals surface area contributed by atoms with Crippen LogP contribution in [0.5, 0.6) is 0 Å². The third-order valence-corrected chi connectivity index (χ3v) is 4.74. The van der Waals surface area contributed by atoms with Crippen molar-refractivity contribution in [2.45, 2.75) is 6.54 Å². The van der Waals surface area contributed by atoms with E-state index in [-0.39, 0.29) is 0 Å². The van der Waals surface area contributed by atoms with Gasteiger partial charge in [-0.3, -0.25) is 4.90 Å². The second kappa shape index (κ2) is 6.93. The molecule has 3 nitrogen and oxygen atoms in total. The van der Waals surface area contributed by atoms with E-state index < -0.39 is 0 Å². The van der Waals surface area contributed by atoms with E-state index >= 15 is 0 Å². The Kier molecular flexibility index (Phi) is 4.34. The molecule has 0 radical (unpaired) electrons. The van der Waals surface area contributed by atoms with Gasteiger partial charge in [0.2, 0.25) is 0 Å². The van der Waals surface area contributed by atoms with Crippen LogP contribution >= 0.6 is 0 Å². The zero-order chi connectivity index (χ0) is 16.2. The van der Waals surface area contributed by atoms with Gasteiger partial charge in [-0.05, 0) is 42.0 Å². The van der Waals surface area contributed by atoms with Crippen molar-refractivity contribution in [3.63, 3.8) is 0 Å². The highest BCUT2D eigenvalue weighted by atomic mass is 15.3. The van der Waals surface area contributed by atoms with Crippen LogP contribution in [0.4, 0.5) is 5.69 Å². The lowest BCUT2D eigenvalue weighted by Crippen LogP contribution is -2.45. The van der Waals surface area contributed by atoms with E-state index in [2.05, 4.69) is 93.5 Å². The third-order valence-electron chi connectivity index (χ3n) is 4.74. The molecule has 1 fully saturated rings. The lowest BCUT2D eigenvalue weighted by molar-refractivity contribution is 0.250. The smallest absolute Gasteiger partial charge is 0.0450 e. The highest BCUT2D eigenvalue weighted by Gasteiger charge is 2.17. The Morgan fingerprint density at radius 3 is 1.92 bits per heavy atom. The molecule has 3 heteroatoms. The van der Waals surface area contributed by atoms with Gasteiger partial charge < -0.3 is 9.47 Å². The lowest BCUT2D eigenvalue weighted by atomic mass is 10.2. The normalized spacial score (nSPS) is 15.6. The van der Waals surface area contributed by atoms with E-state index in [1.165, 1.54) is 16.9 Å². The van der Waals surface area contributed by atoms with Crippen molar-refractivity contribution in [1.82, 2.24) is 9.47 Å². The van der Waals surface area contributed by atoms with Gasteiger partial charge in [-0.1, -0.05) is 30.3 Å². The minimum absolute atomic E-state index is 1.06. The highest BCUT2D eigenvalue weighted by Crippen LogP contribution is 2.20. The van der Waals surface area contributed by atoms with Crippen LogP contribution in [0.1, 0.15) is 5.56 Å². The fourth-order valence-corrected chi connectivity index (χ4v) is 3.35. The van der Waals surface area contributed by atoms with Gasteiger partial charge in [0.15, 0.2) is 0 Å². The van der Waals surface area contributed by atoms with Gasteiger partial charge in [0.1, 0.15) is 0 Å². The number of aromatic nitrogens is 1. The second-order valence-electron chi connectivity index (χ2n) is 6.36. The molecule has 0 aliphatic carbocycles. The van der Waals surface area contributed by atoms with E-state index in [9.17, 15) is 0 Å². The van der Waals surface area contributed by atoms with Crippen LogP contribution in [-0.4, -0.2) is 35.6 Å². The number of anilines is 1. The summed E-state index contributed by atoms with van der Waals surface area (Å²) in [6, 6.07) is 23.7. The average Bonchev–Trinajstić information content (AvgIpc) is 3.18. The van der Waals surface area contributed by atoms with Crippen molar-refractivity contribution >= 4 is 5.69 Å². The Labute approximate surface area is 143 Å². The Bertz CT molecular complexity index is 740. The number of piperazine rings is 1. The number of nitrogens with zero attached hydrogens (tertiary/aromatic N) is 3. The van der Waals surface area contributed by atoms with Crippen LogP contribution in [0.25, 0.3) is 5.69 Å². The van der Waals surface area contributed by atoms with Crippen molar-refractivity contribution in [3.05, 3.63) is 84.7 Å². The summed E-state index contributed by atoms with van der Waals surface area (Å²) in [5, 5.41) is 0. The third kappa shape index (κ3) is 3.36. The van der Waals surface area contributed by atoms with Gasteiger partial charge in [0, 0.05) is 56.5 Å². The highest BCUT2D eigenvalue weighted by molar-refractivity contribution is 5.51. The topological polar surface area (TPSA) is 11.4 Å². The fraction of sp³-hybridized carbons (Fsp3) is 0.238. The maximum atomic E-state index is 2.54. The van der Waals surface area contributed by atoms with Crippen LogP contribution in [0.2, 0.25) is 0 Å². The number of rotatable bonds is 4. The van der Waals surface area contributed by atoms with E-state index in [0.29, 0.717) is 0 Å². The predicted molar refractivity (Wildman–Crippen MR) is 99.7 cm³/mol. The molecule has 3 aromatic rings. The monoisotopic (exact) mass is 317 g/mol. The summed E-state index contributed by atoms with van der Waals surface area (Å²) >= 11 is 0.